The fourth-order valence-corrected chi connectivity index (χ4v) is 2.74. The SMILES string of the molecule is N=C(OB(c1c(F)c(F)c(F)c(F)c1F)c1c(F)c(F)c(F)c(F)c1F)c1ccccc1. The molecule has 0 spiro atoms. The topological polar surface area (TPSA) is 33.1 Å². The van der Waals surface area contributed by atoms with Gasteiger partial charge in [0.15, 0.2) is 64.1 Å². The van der Waals surface area contributed by atoms with E-state index < -0.39 is 81.9 Å². The summed E-state index contributed by atoms with van der Waals surface area (Å²) in [7, 11) is 0. The molecule has 0 aliphatic heterocycles. The number of rotatable bonds is 4. The molecule has 0 bridgehead atoms. The van der Waals surface area contributed by atoms with Crippen molar-refractivity contribution < 1.29 is 48.6 Å². The zero-order valence-corrected chi connectivity index (χ0v) is 15.2. The van der Waals surface area contributed by atoms with Gasteiger partial charge in [-0.1, -0.05) is 18.2 Å². The van der Waals surface area contributed by atoms with Gasteiger partial charge >= 0.3 is 6.92 Å². The summed E-state index contributed by atoms with van der Waals surface area (Å²) in [6.07, 6.45) is 0. The molecule has 3 aromatic carbocycles. The van der Waals surface area contributed by atoms with Gasteiger partial charge in [0.1, 0.15) is 0 Å². The fourth-order valence-electron chi connectivity index (χ4n) is 2.74. The minimum atomic E-state index is -3.13. The summed E-state index contributed by atoms with van der Waals surface area (Å²) >= 11 is 0. The van der Waals surface area contributed by atoms with E-state index in [9.17, 15) is 43.9 Å². The molecule has 1 N–H and O–H groups in total. The van der Waals surface area contributed by atoms with Crippen molar-refractivity contribution in [2.45, 2.75) is 0 Å². The van der Waals surface area contributed by atoms with Gasteiger partial charge in [0, 0.05) is 16.5 Å². The lowest BCUT2D eigenvalue weighted by Crippen LogP contribution is -2.53. The second-order valence-corrected chi connectivity index (χ2v) is 6.16. The van der Waals surface area contributed by atoms with E-state index in [4.69, 9.17) is 10.1 Å². The molecule has 0 saturated carbocycles. The number of halogens is 10. The summed E-state index contributed by atoms with van der Waals surface area (Å²) < 4.78 is 144. The molecule has 3 aromatic rings. The van der Waals surface area contributed by atoms with E-state index in [1.807, 2.05) is 0 Å². The van der Waals surface area contributed by atoms with E-state index in [2.05, 4.69) is 0 Å². The lowest BCUT2D eigenvalue weighted by Gasteiger charge is -2.20. The average molecular weight is 465 g/mol. The molecular formula is C19H6BF10NO. The monoisotopic (exact) mass is 465 g/mol. The van der Waals surface area contributed by atoms with E-state index in [-0.39, 0.29) is 5.56 Å². The Balaban J connectivity index is 2.35. The number of hydrogen-bond donors (Lipinski definition) is 1. The van der Waals surface area contributed by atoms with Crippen LogP contribution in [0.25, 0.3) is 0 Å². The Bertz CT molecular complexity index is 1110. The standard InChI is InChI=1S/C19H6BF10NO/c21-9-7(10(22)14(26)17(29)13(9)25)20(32-19(31)6-4-2-1-3-5-6)8-11(23)15(27)18(30)16(28)12(8)24/h1-5,31H. The van der Waals surface area contributed by atoms with Crippen LogP contribution in [0.1, 0.15) is 5.56 Å². The Morgan fingerprint density at radius 2 is 0.844 bits per heavy atom. The molecule has 13 heteroatoms. The van der Waals surface area contributed by atoms with Crippen LogP contribution in [0, 0.1) is 63.6 Å². The van der Waals surface area contributed by atoms with Crippen LogP contribution in [0.15, 0.2) is 30.3 Å². The summed E-state index contributed by atoms with van der Waals surface area (Å²) in [4.78, 5) is 0. The van der Waals surface area contributed by atoms with E-state index >= 15 is 0 Å². The molecule has 0 aliphatic carbocycles. The molecular weight excluding hydrogens is 459 g/mol. The Morgan fingerprint density at radius 1 is 0.531 bits per heavy atom. The maximum atomic E-state index is 14.4. The third-order valence-corrected chi connectivity index (χ3v) is 4.28. The first-order chi connectivity index (χ1) is 15.0. The average Bonchev–Trinajstić information content (AvgIpc) is 2.79. The smallest absolute Gasteiger partial charge is 0.440 e. The molecule has 0 fully saturated rings. The third-order valence-electron chi connectivity index (χ3n) is 4.28. The molecule has 0 atom stereocenters. The van der Waals surface area contributed by atoms with Gasteiger partial charge in [-0.2, -0.15) is 0 Å². The predicted molar refractivity (Wildman–Crippen MR) is 91.8 cm³/mol. The molecule has 0 saturated heterocycles. The Hall–Kier alpha value is -3.51. The highest BCUT2D eigenvalue weighted by molar-refractivity contribution is 6.81. The Morgan fingerprint density at radius 3 is 1.19 bits per heavy atom. The van der Waals surface area contributed by atoms with Crippen LogP contribution in [-0.4, -0.2) is 12.8 Å². The highest BCUT2D eigenvalue weighted by Gasteiger charge is 2.43. The van der Waals surface area contributed by atoms with Gasteiger partial charge < -0.3 is 4.65 Å². The maximum Gasteiger partial charge on any atom is 0.440 e. The van der Waals surface area contributed by atoms with Crippen molar-refractivity contribution in [2.75, 3.05) is 0 Å². The molecule has 0 amide bonds. The number of nitrogens with one attached hydrogen (secondary N) is 1. The first-order valence-corrected chi connectivity index (χ1v) is 8.32. The molecule has 0 aromatic heterocycles. The van der Waals surface area contributed by atoms with Crippen molar-refractivity contribution in [2.24, 2.45) is 0 Å². The largest absolute Gasteiger partial charge is 0.537 e. The van der Waals surface area contributed by atoms with Crippen LogP contribution < -0.4 is 10.9 Å². The third kappa shape index (κ3) is 3.67. The normalized spacial score (nSPS) is 10.9. The lowest BCUT2D eigenvalue weighted by molar-refractivity contribution is 0.379. The van der Waals surface area contributed by atoms with Gasteiger partial charge in [-0.05, 0) is 12.1 Å². The Labute approximate surface area is 172 Å². The summed E-state index contributed by atoms with van der Waals surface area (Å²) in [5.41, 5.74) is -4.35. The van der Waals surface area contributed by atoms with Crippen LogP contribution in [0.3, 0.4) is 0 Å². The van der Waals surface area contributed by atoms with Crippen molar-refractivity contribution in [1.82, 2.24) is 0 Å². The van der Waals surface area contributed by atoms with Crippen LogP contribution in [0.2, 0.25) is 0 Å². The van der Waals surface area contributed by atoms with Crippen LogP contribution >= 0.6 is 0 Å². The van der Waals surface area contributed by atoms with Gasteiger partial charge in [-0.15, -0.1) is 0 Å². The first kappa shape index (κ1) is 23.2. The molecule has 32 heavy (non-hydrogen) atoms. The highest BCUT2D eigenvalue weighted by atomic mass is 19.2. The maximum absolute atomic E-state index is 14.4. The number of benzene rings is 3. The minimum Gasteiger partial charge on any atom is -0.537 e. The van der Waals surface area contributed by atoms with Crippen molar-refractivity contribution >= 4 is 23.7 Å². The molecule has 0 radical (unpaired) electrons. The van der Waals surface area contributed by atoms with Gasteiger partial charge in [0.2, 0.25) is 0 Å². The summed E-state index contributed by atoms with van der Waals surface area (Å²) in [5, 5.41) is 7.80. The van der Waals surface area contributed by atoms with Crippen molar-refractivity contribution in [3.63, 3.8) is 0 Å². The van der Waals surface area contributed by atoms with Crippen LogP contribution in [0.5, 0.6) is 0 Å². The van der Waals surface area contributed by atoms with E-state index in [1.54, 1.807) is 0 Å². The zero-order valence-electron chi connectivity index (χ0n) is 15.2. The van der Waals surface area contributed by atoms with Crippen LogP contribution in [0.4, 0.5) is 43.9 Å². The van der Waals surface area contributed by atoms with Crippen molar-refractivity contribution in [3.8, 4) is 0 Å². The molecule has 0 unspecified atom stereocenters. The van der Waals surface area contributed by atoms with E-state index in [0.717, 1.165) is 12.1 Å². The number of hydrogen-bond acceptors (Lipinski definition) is 2. The van der Waals surface area contributed by atoms with Crippen molar-refractivity contribution in [3.05, 3.63) is 94.1 Å². The van der Waals surface area contributed by atoms with Crippen LogP contribution in [-0.2, 0) is 4.65 Å². The second kappa shape index (κ2) is 8.56. The van der Waals surface area contributed by atoms with E-state index in [0.29, 0.717) is 0 Å². The Kier molecular flexibility index (Phi) is 6.19. The first-order valence-electron chi connectivity index (χ1n) is 8.32. The van der Waals surface area contributed by atoms with Gasteiger partial charge in [0.25, 0.3) is 0 Å². The fraction of sp³-hybridized carbons (Fsp3) is 0. The molecule has 0 heterocycles. The highest BCUT2D eigenvalue weighted by Crippen LogP contribution is 2.21. The quantitative estimate of drug-likeness (QED) is 0.154. The molecule has 166 valence electrons. The van der Waals surface area contributed by atoms with Crippen molar-refractivity contribution in [1.29, 1.82) is 5.41 Å². The van der Waals surface area contributed by atoms with E-state index in [1.165, 1.54) is 18.2 Å². The minimum absolute atomic E-state index is 0.217. The molecule has 3 rings (SSSR count). The second-order valence-electron chi connectivity index (χ2n) is 6.16. The zero-order chi connectivity index (χ0) is 23.9. The predicted octanol–water partition coefficient (Wildman–Crippen LogP) is 4.23. The summed E-state index contributed by atoms with van der Waals surface area (Å²) in [6, 6.07) is 6.38. The molecule has 2 nitrogen and oxygen atoms in total. The van der Waals surface area contributed by atoms with Gasteiger partial charge in [0.05, 0.1) is 0 Å². The summed E-state index contributed by atoms with van der Waals surface area (Å²) in [6.45, 7) is -3.13. The van der Waals surface area contributed by atoms with Gasteiger partial charge in [-0.3, -0.25) is 5.41 Å². The molecule has 0 aliphatic rings. The van der Waals surface area contributed by atoms with Gasteiger partial charge in [-0.25, -0.2) is 43.9 Å². The lowest BCUT2D eigenvalue weighted by atomic mass is 9.54. The summed E-state index contributed by atoms with van der Waals surface area (Å²) in [5.74, 6) is -27.3.